The van der Waals surface area contributed by atoms with E-state index in [2.05, 4.69) is 26.8 Å². The van der Waals surface area contributed by atoms with E-state index in [4.69, 9.17) is 9.47 Å². The van der Waals surface area contributed by atoms with Gasteiger partial charge in [0.1, 0.15) is 5.60 Å². The van der Waals surface area contributed by atoms with Crippen LogP contribution in [0.5, 0.6) is 11.5 Å². The van der Waals surface area contributed by atoms with Crippen LogP contribution in [0.15, 0.2) is 22.7 Å². The summed E-state index contributed by atoms with van der Waals surface area (Å²) in [6.45, 7) is 5.14. The fraction of sp³-hybridized carbons (Fsp3) is 0.333. The van der Waals surface area contributed by atoms with Gasteiger partial charge in [0.2, 0.25) is 0 Å². The summed E-state index contributed by atoms with van der Waals surface area (Å²) in [7, 11) is 1.42. The van der Waals surface area contributed by atoms with E-state index in [0.29, 0.717) is 10.0 Å². The summed E-state index contributed by atoms with van der Waals surface area (Å²) >= 11 is 3.18. The van der Waals surface area contributed by atoms with Crippen LogP contribution in [-0.4, -0.2) is 29.8 Å². The van der Waals surface area contributed by atoms with Crippen LogP contribution in [0.2, 0.25) is 0 Å². The number of halogens is 1. The highest BCUT2D eigenvalue weighted by Crippen LogP contribution is 2.35. The van der Waals surface area contributed by atoms with E-state index in [0.717, 1.165) is 0 Å². The van der Waals surface area contributed by atoms with Crippen molar-refractivity contribution in [3.63, 3.8) is 0 Å². The number of carbonyl (C=O) groups is 2. The second kappa shape index (κ2) is 7.87. The molecule has 0 atom stereocenters. The first-order valence-electron chi connectivity index (χ1n) is 6.66. The Balaban J connectivity index is 2.62. The highest BCUT2D eigenvalue weighted by Gasteiger charge is 2.16. The van der Waals surface area contributed by atoms with Crippen molar-refractivity contribution in [2.45, 2.75) is 26.4 Å². The van der Waals surface area contributed by atoms with Crippen LogP contribution in [0.1, 0.15) is 26.3 Å². The number of aromatic hydroxyl groups is 1. The maximum atomic E-state index is 11.6. The third-order valence-corrected chi connectivity index (χ3v) is 2.99. The second-order valence-electron chi connectivity index (χ2n) is 5.50. The van der Waals surface area contributed by atoms with Crippen molar-refractivity contribution in [1.82, 2.24) is 10.9 Å². The second-order valence-corrected chi connectivity index (χ2v) is 6.36. The van der Waals surface area contributed by atoms with Crippen molar-refractivity contribution in [2.24, 2.45) is 0 Å². The highest BCUT2D eigenvalue weighted by molar-refractivity contribution is 9.10. The van der Waals surface area contributed by atoms with E-state index in [9.17, 15) is 14.7 Å². The SMILES string of the molecule is COc1cc(C=CC(=O)NNC(=O)OC(C)(C)C)cc(Br)c1O. The quantitative estimate of drug-likeness (QED) is 0.548. The smallest absolute Gasteiger partial charge is 0.426 e. The average molecular weight is 387 g/mol. The van der Waals surface area contributed by atoms with Crippen molar-refractivity contribution in [2.75, 3.05) is 7.11 Å². The molecule has 0 spiro atoms. The normalized spacial score (nSPS) is 11.2. The van der Waals surface area contributed by atoms with Crippen molar-refractivity contribution >= 4 is 34.0 Å². The zero-order chi connectivity index (χ0) is 17.6. The molecular weight excluding hydrogens is 368 g/mol. The molecule has 0 bridgehead atoms. The fourth-order valence-corrected chi connectivity index (χ4v) is 1.94. The average Bonchev–Trinajstić information content (AvgIpc) is 2.44. The van der Waals surface area contributed by atoms with Crippen LogP contribution in [0, 0.1) is 0 Å². The fourth-order valence-electron chi connectivity index (χ4n) is 1.48. The molecule has 7 nitrogen and oxygen atoms in total. The number of nitrogens with one attached hydrogen (secondary N) is 2. The monoisotopic (exact) mass is 386 g/mol. The van der Waals surface area contributed by atoms with Gasteiger partial charge in [-0.2, -0.15) is 0 Å². The summed E-state index contributed by atoms with van der Waals surface area (Å²) in [5.41, 5.74) is 4.29. The van der Waals surface area contributed by atoms with Gasteiger partial charge >= 0.3 is 6.09 Å². The number of ether oxygens (including phenoxy) is 2. The molecule has 0 radical (unpaired) electrons. The van der Waals surface area contributed by atoms with Gasteiger partial charge in [0.25, 0.3) is 5.91 Å². The Morgan fingerprint density at radius 1 is 1.26 bits per heavy atom. The highest BCUT2D eigenvalue weighted by atomic mass is 79.9. The first kappa shape index (κ1) is 18.8. The molecule has 0 aromatic heterocycles. The lowest BCUT2D eigenvalue weighted by molar-refractivity contribution is -0.117. The van der Waals surface area contributed by atoms with Gasteiger partial charge in [0.15, 0.2) is 11.5 Å². The Morgan fingerprint density at radius 3 is 2.48 bits per heavy atom. The summed E-state index contributed by atoms with van der Waals surface area (Å²) in [5.74, 6) is -0.300. The van der Waals surface area contributed by atoms with Gasteiger partial charge in [-0.25, -0.2) is 10.2 Å². The molecule has 3 N–H and O–H groups in total. The van der Waals surface area contributed by atoms with E-state index < -0.39 is 17.6 Å². The minimum Gasteiger partial charge on any atom is -0.503 e. The number of methoxy groups -OCH3 is 1. The minimum absolute atomic E-state index is 0.0271. The Bertz CT molecular complexity index is 623. The molecule has 2 amide bonds. The van der Waals surface area contributed by atoms with Crippen LogP contribution in [0.3, 0.4) is 0 Å². The van der Waals surface area contributed by atoms with Gasteiger partial charge in [-0.05, 0) is 60.5 Å². The molecule has 0 heterocycles. The van der Waals surface area contributed by atoms with Gasteiger partial charge in [-0.1, -0.05) is 0 Å². The topological polar surface area (TPSA) is 96.9 Å². The maximum absolute atomic E-state index is 11.6. The minimum atomic E-state index is -0.756. The number of hydrogen-bond acceptors (Lipinski definition) is 5. The van der Waals surface area contributed by atoms with Crippen molar-refractivity contribution in [3.05, 3.63) is 28.2 Å². The van der Waals surface area contributed by atoms with E-state index >= 15 is 0 Å². The van der Waals surface area contributed by atoms with Gasteiger partial charge in [0, 0.05) is 6.08 Å². The Morgan fingerprint density at radius 2 is 1.91 bits per heavy atom. The van der Waals surface area contributed by atoms with Crippen LogP contribution < -0.4 is 15.6 Å². The number of carbonyl (C=O) groups excluding carboxylic acids is 2. The van der Waals surface area contributed by atoms with E-state index in [-0.39, 0.29) is 11.5 Å². The van der Waals surface area contributed by atoms with E-state index in [1.165, 1.54) is 19.3 Å². The summed E-state index contributed by atoms with van der Waals surface area (Å²) in [6.07, 6.45) is 1.96. The Hall–Kier alpha value is -2.22. The van der Waals surface area contributed by atoms with E-state index in [1.807, 2.05) is 0 Å². The molecule has 0 saturated carbocycles. The molecule has 0 fully saturated rings. The molecule has 0 aliphatic heterocycles. The molecule has 1 rings (SSSR count). The Kier molecular flexibility index (Phi) is 6.44. The summed E-state index contributed by atoms with van der Waals surface area (Å²) in [5, 5.41) is 9.70. The molecule has 1 aromatic rings. The summed E-state index contributed by atoms with van der Waals surface area (Å²) in [4.78, 5) is 23.0. The van der Waals surface area contributed by atoms with Gasteiger partial charge < -0.3 is 14.6 Å². The van der Waals surface area contributed by atoms with Crippen LogP contribution in [-0.2, 0) is 9.53 Å². The zero-order valence-corrected chi connectivity index (χ0v) is 14.9. The molecule has 0 unspecified atom stereocenters. The van der Waals surface area contributed by atoms with Crippen molar-refractivity contribution in [1.29, 1.82) is 0 Å². The predicted octanol–water partition coefficient (Wildman–Crippen LogP) is 2.73. The third-order valence-electron chi connectivity index (χ3n) is 2.38. The van der Waals surface area contributed by atoms with Crippen molar-refractivity contribution < 1.29 is 24.2 Å². The molecule has 23 heavy (non-hydrogen) atoms. The first-order chi connectivity index (χ1) is 10.6. The number of benzene rings is 1. The number of phenols is 1. The summed E-state index contributed by atoms with van der Waals surface area (Å²) < 4.78 is 10.4. The van der Waals surface area contributed by atoms with Gasteiger partial charge in [-0.3, -0.25) is 10.2 Å². The third kappa shape index (κ3) is 6.60. The number of amides is 2. The largest absolute Gasteiger partial charge is 0.503 e. The van der Waals surface area contributed by atoms with Crippen LogP contribution in [0.4, 0.5) is 4.79 Å². The molecule has 0 aliphatic rings. The maximum Gasteiger partial charge on any atom is 0.426 e. The molecule has 8 heteroatoms. The molecule has 1 aromatic carbocycles. The lowest BCUT2D eigenvalue weighted by Crippen LogP contribution is -2.43. The van der Waals surface area contributed by atoms with Crippen LogP contribution >= 0.6 is 15.9 Å². The standard InChI is InChI=1S/C15H19BrN2O5/c1-15(2,3)23-14(21)18-17-12(19)6-5-9-7-10(16)13(20)11(8-9)22-4/h5-8,20H,1-4H3,(H,17,19)(H,18,21). The Labute approximate surface area is 142 Å². The molecule has 0 aliphatic carbocycles. The summed E-state index contributed by atoms with van der Waals surface area (Å²) in [6, 6.07) is 3.17. The molecule has 0 saturated heterocycles. The number of hydrogen-bond donors (Lipinski definition) is 3. The van der Waals surface area contributed by atoms with E-state index in [1.54, 1.807) is 32.9 Å². The zero-order valence-electron chi connectivity index (χ0n) is 13.3. The molecule has 126 valence electrons. The first-order valence-corrected chi connectivity index (χ1v) is 7.45. The number of rotatable bonds is 3. The lowest BCUT2D eigenvalue weighted by atomic mass is 10.2. The van der Waals surface area contributed by atoms with Crippen molar-refractivity contribution in [3.8, 4) is 11.5 Å². The molecular formula is C15H19BrN2O5. The number of hydrazine groups is 1. The number of phenolic OH excluding ortho intramolecular Hbond substituents is 1. The predicted molar refractivity (Wildman–Crippen MR) is 88.9 cm³/mol. The van der Waals surface area contributed by atoms with Crippen LogP contribution in [0.25, 0.3) is 6.08 Å². The lowest BCUT2D eigenvalue weighted by Gasteiger charge is -2.19. The van der Waals surface area contributed by atoms with Gasteiger partial charge in [-0.15, -0.1) is 0 Å². The van der Waals surface area contributed by atoms with Gasteiger partial charge in [0.05, 0.1) is 11.6 Å².